The van der Waals surface area contributed by atoms with Gasteiger partial charge < -0.3 is 4.42 Å². The van der Waals surface area contributed by atoms with Crippen LogP contribution in [0.25, 0.3) is 112 Å². The molecule has 2 aromatic heterocycles. The van der Waals surface area contributed by atoms with E-state index in [1.165, 1.54) is 38.9 Å². The normalized spacial score (nSPS) is 12.7. The second kappa shape index (κ2) is 15.0. The summed E-state index contributed by atoms with van der Waals surface area (Å²) in [5.74, 6) is 1.86. The molecule has 0 atom stereocenters. The van der Waals surface area contributed by atoms with Gasteiger partial charge in [0.2, 0.25) is 0 Å². The predicted molar refractivity (Wildman–Crippen MR) is 263 cm³/mol. The Bertz CT molecular complexity index is 3570. The average molecular weight is 820 g/mol. The summed E-state index contributed by atoms with van der Waals surface area (Å²) in [5.41, 5.74) is 18.7. The lowest BCUT2D eigenvalue weighted by molar-refractivity contribution is 0.660. The summed E-state index contributed by atoms with van der Waals surface area (Å²) in [6.45, 7) is 4.65. The fourth-order valence-electron chi connectivity index (χ4n) is 9.79. The van der Waals surface area contributed by atoms with Crippen LogP contribution in [0.15, 0.2) is 217 Å². The summed E-state index contributed by atoms with van der Waals surface area (Å²) in [7, 11) is 0. The Kier molecular flexibility index (Phi) is 8.80. The molecule has 2 heterocycles. The Labute approximate surface area is 372 Å². The Balaban J connectivity index is 0.981. The third kappa shape index (κ3) is 6.26. The Morgan fingerprint density at radius 3 is 1.62 bits per heavy atom. The molecule has 302 valence electrons. The van der Waals surface area contributed by atoms with E-state index in [0.717, 1.165) is 66.4 Å². The predicted octanol–water partition coefficient (Wildman–Crippen LogP) is 15.7. The van der Waals surface area contributed by atoms with Crippen LogP contribution in [0.3, 0.4) is 0 Å². The molecule has 0 unspecified atom stereocenters. The summed E-state index contributed by atoms with van der Waals surface area (Å²) in [4.78, 5) is 15.7. The molecule has 11 aromatic rings. The van der Waals surface area contributed by atoms with Crippen molar-refractivity contribution in [3.05, 3.63) is 223 Å². The Morgan fingerprint density at radius 2 is 0.844 bits per heavy atom. The van der Waals surface area contributed by atoms with Gasteiger partial charge in [-0.2, -0.15) is 0 Å². The summed E-state index contributed by atoms with van der Waals surface area (Å²) >= 11 is 0. The molecule has 0 bridgehead atoms. The van der Waals surface area contributed by atoms with Crippen LogP contribution in [0.5, 0.6) is 0 Å². The maximum atomic E-state index is 6.50. The van der Waals surface area contributed by atoms with Gasteiger partial charge in [-0.25, -0.2) is 15.0 Å². The maximum Gasteiger partial charge on any atom is 0.164 e. The zero-order chi connectivity index (χ0) is 42.8. The summed E-state index contributed by atoms with van der Waals surface area (Å²) in [5, 5.41) is 2.15. The minimum Gasteiger partial charge on any atom is -0.456 e. The van der Waals surface area contributed by atoms with E-state index in [1.54, 1.807) is 0 Å². The van der Waals surface area contributed by atoms with Gasteiger partial charge in [0.25, 0.3) is 0 Å². The van der Waals surface area contributed by atoms with E-state index in [9.17, 15) is 0 Å². The van der Waals surface area contributed by atoms with Crippen LogP contribution in [-0.2, 0) is 5.41 Å². The molecule has 0 aliphatic heterocycles. The zero-order valence-electron chi connectivity index (χ0n) is 35.5. The van der Waals surface area contributed by atoms with Gasteiger partial charge >= 0.3 is 0 Å². The molecule has 0 saturated carbocycles. The van der Waals surface area contributed by atoms with Crippen LogP contribution < -0.4 is 0 Å². The molecule has 0 N–H and O–H groups in total. The second-order valence-electron chi connectivity index (χ2n) is 17.1. The highest BCUT2D eigenvalue weighted by Crippen LogP contribution is 2.53. The molecule has 0 fully saturated rings. The topological polar surface area (TPSA) is 51.8 Å². The number of aromatic nitrogens is 3. The van der Waals surface area contributed by atoms with Crippen molar-refractivity contribution < 1.29 is 4.42 Å². The number of rotatable bonds is 7. The van der Waals surface area contributed by atoms with E-state index in [4.69, 9.17) is 19.4 Å². The first-order valence-electron chi connectivity index (χ1n) is 21.8. The molecule has 1 aliphatic rings. The van der Waals surface area contributed by atoms with Gasteiger partial charge in [0.15, 0.2) is 17.5 Å². The molecule has 0 radical (unpaired) electrons. The van der Waals surface area contributed by atoms with Crippen molar-refractivity contribution in [3.63, 3.8) is 0 Å². The molecule has 64 heavy (non-hydrogen) atoms. The van der Waals surface area contributed by atoms with Crippen molar-refractivity contribution in [3.8, 4) is 89.8 Å². The summed E-state index contributed by atoms with van der Waals surface area (Å²) in [6.07, 6.45) is 0. The van der Waals surface area contributed by atoms with Gasteiger partial charge in [-0.05, 0) is 91.0 Å². The van der Waals surface area contributed by atoms with Crippen molar-refractivity contribution in [1.29, 1.82) is 0 Å². The number of nitrogens with zero attached hydrogens (tertiary/aromatic N) is 3. The van der Waals surface area contributed by atoms with Crippen LogP contribution >= 0.6 is 0 Å². The molecule has 0 spiro atoms. The second-order valence-corrected chi connectivity index (χ2v) is 17.1. The third-order valence-electron chi connectivity index (χ3n) is 13.0. The largest absolute Gasteiger partial charge is 0.456 e. The molecule has 9 aromatic carbocycles. The Morgan fingerprint density at radius 1 is 0.328 bits per heavy atom. The molecule has 12 rings (SSSR count). The lowest BCUT2D eigenvalue weighted by Crippen LogP contribution is -2.14. The monoisotopic (exact) mass is 819 g/mol. The summed E-state index contributed by atoms with van der Waals surface area (Å²) < 4.78 is 6.50. The molecule has 0 amide bonds. The van der Waals surface area contributed by atoms with E-state index in [-0.39, 0.29) is 5.41 Å². The van der Waals surface area contributed by atoms with E-state index >= 15 is 0 Å². The van der Waals surface area contributed by atoms with E-state index < -0.39 is 0 Å². The SMILES string of the molecule is CC1(C)c2ccccc2-c2c(-c3ccccc3-c3nc(-c4ccccc4)nc(-c4cccc(-c5cccc6oc7ccc(-c8ccc(-c9ccccc9)cc8)cc7c56)c4)n3)cccc21. The van der Waals surface area contributed by atoms with E-state index in [1.807, 2.05) is 24.3 Å². The number of fused-ring (bicyclic) bond motifs is 6. The molecule has 4 nitrogen and oxygen atoms in total. The number of hydrogen-bond acceptors (Lipinski definition) is 4. The van der Waals surface area contributed by atoms with Crippen LogP contribution in [0, 0.1) is 0 Å². The lowest BCUT2D eigenvalue weighted by atomic mass is 9.82. The number of furan rings is 1. The van der Waals surface area contributed by atoms with Crippen molar-refractivity contribution in [2.75, 3.05) is 0 Å². The maximum absolute atomic E-state index is 6.50. The fourth-order valence-corrected chi connectivity index (χ4v) is 9.79. The van der Waals surface area contributed by atoms with Crippen molar-refractivity contribution >= 4 is 21.9 Å². The number of benzene rings is 9. The highest BCUT2D eigenvalue weighted by atomic mass is 16.3. The minimum atomic E-state index is -0.118. The molecule has 4 heteroatoms. The van der Waals surface area contributed by atoms with Crippen LogP contribution in [0.4, 0.5) is 0 Å². The van der Waals surface area contributed by atoms with Crippen molar-refractivity contribution in [2.45, 2.75) is 19.3 Å². The molecular formula is C60H41N3O. The van der Waals surface area contributed by atoms with Crippen molar-refractivity contribution in [1.82, 2.24) is 15.0 Å². The first-order valence-corrected chi connectivity index (χ1v) is 21.8. The van der Waals surface area contributed by atoms with Gasteiger partial charge in [0.05, 0.1) is 0 Å². The first kappa shape index (κ1) is 37.5. The minimum absolute atomic E-state index is 0.118. The van der Waals surface area contributed by atoms with E-state index in [2.05, 4.69) is 202 Å². The highest BCUT2D eigenvalue weighted by Gasteiger charge is 2.37. The highest BCUT2D eigenvalue weighted by molar-refractivity contribution is 6.13. The van der Waals surface area contributed by atoms with Crippen LogP contribution in [0.2, 0.25) is 0 Å². The first-order chi connectivity index (χ1) is 31.5. The number of hydrogen-bond donors (Lipinski definition) is 0. The summed E-state index contributed by atoms with van der Waals surface area (Å²) in [6, 6.07) is 74.9. The van der Waals surface area contributed by atoms with Crippen LogP contribution in [0.1, 0.15) is 25.0 Å². The quantitative estimate of drug-likeness (QED) is 0.161. The molecular weight excluding hydrogens is 779 g/mol. The van der Waals surface area contributed by atoms with Gasteiger partial charge in [-0.3, -0.25) is 0 Å². The average Bonchev–Trinajstić information content (AvgIpc) is 3.86. The molecule has 1 aliphatic carbocycles. The van der Waals surface area contributed by atoms with Gasteiger partial charge in [-0.15, -0.1) is 0 Å². The smallest absolute Gasteiger partial charge is 0.164 e. The lowest BCUT2D eigenvalue weighted by Gasteiger charge is -2.21. The fraction of sp³-hybridized carbons (Fsp3) is 0.0500. The third-order valence-corrected chi connectivity index (χ3v) is 13.0. The standard InChI is InChI=1S/C60H41N3O/c1-60(2)51-27-12-11-24-49(51)55-47(26-14-28-52(55)60)46-22-9-10-23-48(46)59-62-57(41-18-7-4-8-19-41)61-58(63-59)44-21-13-20-43(36-44)45-25-15-29-54-56(45)50-37-42(34-35-53(50)64-54)40-32-30-39(31-33-40)38-16-5-3-6-17-38/h3-37H,1-2H3. The van der Waals surface area contributed by atoms with Gasteiger partial charge in [0, 0.05) is 32.9 Å². The van der Waals surface area contributed by atoms with Gasteiger partial charge in [0.1, 0.15) is 11.2 Å². The van der Waals surface area contributed by atoms with E-state index in [0.29, 0.717) is 17.5 Å². The Hall–Kier alpha value is -8.21. The zero-order valence-corrected chi connectivity index (χ0v) is 35.5. The van der Waals surface area contributed by atoms with Crippen molar-refractivity contribution in [2.24, 2.45) is 0 Å². The van der Waals surface area contributed by atoms with Crippen LogP contribution in [-0.4, -0.2) is 15.0 Å². The van der Waals surface area contributed by atoms with Gasteiger partial charge in [-0.1, -0.05) is 202 Å². The molecule has 0 saturated heterocycles.